The third kappa shape index (κ3) is 2.62. The van der Waals surface area contributed by atoms with Crippen LogP contribution in [0.25, 0.3) is 0 Å². The molecule has 0 amide bonds. The third-order valence-corrected chi connectivity index (χ3v) is 2.76. The number of nitrogens with zero attached hydrogens (tertiary/aromatic N) is 1. The number of hydroxylamine groups is 2. The van der Waals surface area contributed by atoms with Crippen molar-refractivity contribution in [3.05, 3.63) is 0 Å². The molecule has 0 aromatic carbocycles. The zero-order valence-electron chi connectivity index (χ0n) is 7.84. The van der Waals surface area contributed by atoms with Gasteiger partial charge in [-0.1, -0.05) is 0 Å². The summed E-state index contributed by atoms with van der Waals surface area (Å²) in [7, 11) is 0. The van der Waals surface area contributed by atoms with Gasteiger partial charge in [0.05, 0.1) is 19.7 Å². The molecule has 0 bridgehead atoms. The van der Waals surface area contributed by atoms with Crippen molar-refractivity contribution < 1.29 is 9.23 Å². The molecule has 0 unspecified atom stereocenters. The number of nitrogens with one attached hydrogen (secondary N) is 1. The lowest BCUT2D eigenvalue weighted by Gasteiger charge is -2.34. The smallest absolute Gasteiger partial charge is 0.130 e. The summed E-state index contributed by atoms with van der Waals surface area (Å²) in [5.74, 6) is 0.667. The quantitative estimate of drug-likeness (QED) is 0.701. The molecule has 2 aliphatic heterocycles. The number of hydrogen-bond donors (Lipinski definition) is 1. The maximum atomic E-state index is 12.4. The second-order valence-electron chi connectivity index (χ2n) is 3.93. The molecule has 76 valence electrons. The fraction of sp³-hybridized carbons (Fsp3) is 1.00. The summed E-state index contributed by atoms with van der Waals surface area (Å²) >= 11 is 0. The van der Waals surface area contributed by atoms with E-state index >= 15 is 0 Å². The molecule has 2 heterocycles. The van der Waals surface area contributed by atoms with Crippen molar-refractivity contribution >= 4 is 0 Å². The van der Waals surface area contributed by atoms with E-state index in [4.69, 9.17) is 4.84 Å². The lowest BCUT2D eigenvalue weighted by atomic mass is 10.00. The van der Waals surface area contributed by atoms with Crippen molar-refractivity contribution in [3.63, 3.8) is 0 Å². The second-order valence-corrected chi connectivity index (χ2v) is 3.93. The van der Waals surface area contributed by atoms with Crippen molar-refractivity contribution in [2.45, 2.75) is 19.0 Å². The molecular weight excluding hydrogens is 171 g/mol. The number of rotatable bonds is 3. The minimum absolute atomic E-state index is 0.463. The standard InChI is InChI=1S/C9H17FN2O/c10-9-5-12(6-9)13-7-8-1-3-11-4-2-8/h8-9,11H,1-7H2. The normalized spacial score (nSPS) is 27.5. The van der Waals surface area contributed by atoms with Crippen molar-refractivity contribution in [1.29, 1.82) is 0 Å². The molecule has 0 aliphatic carbocycles. The van der Waals surface area contributed by atoms with Crippen LogP contribution in [0.5, 0.6) is 0 Å². The van der Waals surface area contributed by atoms with Crippen LogP contribution in [0.1, 0.15) is 12.8 Å². The summed E-state index contributed by atoms with van der Waals surface area (Å²) in [4.78, 5) is 5.45. The molecule has 3 nitrogen and oxygen atoms in total. The monoisotopic (exact) mass is 188 g/mol. The Morgan fingerprint density at radius 3 is 2.62 bits per heavy atom. The van der Waals surface area contributed by atoms with Crippen molar-refractivity contribution in [2.75, 3.05) is 32.8 Å². The summed E-state index contributed by atoms with van der Waals surface area (Å²) < 4.78 is 12.4. The van der Waals surface area contributed by atoms with Crippen LogP contribution >= 0.6 is 0 Å². The van der Waals surface area contributed by atoms with Gasteiger partial charge in [0.15, 0.2) is 0 Å². The Morgan fingerprint density at radius 2 is 2.00 bits per heavy atom. The first-order valence-electron chi connectivity index (χ1n) is 5.07. The lowest BCUT2D eigenvalue weighted by molar-refractivity contribution is -0.229. The van der Waals surface area contributed by atoms with Gasteiger partial charge in [-0.05, 0) is 31.8 Å². The summed E-state index contributed by atoms with van der Waals surface area (Å²) in [6.45, 7) is 3.89. The summed E-state index contributed by atoms with van der Waals surface area (Å²) in [5.41, 5.74) is 0. The van der Waals surface area contributed by atoms with E-state index in [0.717, 1.165) is 19.7 Å². The predicted octanol–water partition coefficient (Wildman–Crippen LogP) is 0.571. The van der Waals surface area contributed by atoms with E-state index in [-0.39, 0.29) is 0 Å². The van der Waals surface area contributed by atoms with Crippen LogP contribution < -0.4 is 5.32 Å². The molecule has 1 N–H and O–H groups in total. The van der Waals surface area contributed by atoms with Crippen LogP contribution in [-0.2, 0) is 4.84 Å². The number of halogens is 1. The first kappa shape index (κ1) is 9.37. The van der Waals surface area contributed by atoms with Crippen LogP contribution in [0.4, 0.5) is 4.39 Å². The highest BCUT2D eigenvalue weighted by Crippen LogP contribution is 2.16. The average molecular weight is 188 g/mol. The molecule has 0 radical (unpaired) electrons. The predicted molar refractivity (Wildman–Crippen MR) is 48.0 cm³/mol. The van der Waals surface area contributed by atoms with Gasteiger partial charge in [0.1, 0.15) is 6.17 Å². The molecule has 13 heavy (non-hydrogen) atoms. The third-order valence-electron chi connectivity index (χ3n) is 2.76. The molecule has 4 heteroatoms. The molecule has 2 aliphatic rings. The zero-order valence-corrected chi connectivity index (χ0v) is 7.84. The average Bonchev–Trinajstić information content (AvgIpc) is 2.12. The Hall–Kier alpha value is -0.190. The number of alkyl halides is 1. The van der Waals surface area contributed by atoms with E-state index in [0.29, 0.717) is 19.0 Å². The molecule has 2 rings (SSSR count). The zero-order chi connectivity index (χ0) is 9.10. The van der Waals surface area contributed by atoms with Crippen LogP contribution in [0.3, 0.4) is 0 Å². The van der Waals surface area contributed by atoms with Gasteiger partial charge in [-0.25, -0.2) is 4.39 Å². The highest BCUT2D eigenvalue weighted by atomic mass is 19.1. The van der Waals surface area contributed by atoms with Crippen molar-refractivity contribution in [3.8, 4) is 0 Å². The van der Waals surface area contributed by atoms with E-state index in [9.17, 15) is 4.39 Å². The Bertz CT molecular complexity index is 156. The van der Waals surface area contributed by atoms with Crippen LogP contribution in [0.2, 0.25) is 0 Å². The van der Waals surface area contributed by atoms with Crippen molar-refractivity contribution in [1.82, 2.24) is 10.4 Å². The summed E-state index contributed by atoms with van der Waals surface area (Å²) in [6.07, 6.45) is 1.72. The Kier molecular flexibility index (Phi) is 3.14. The molecule has 0 saturated carbocycles. The lowest BCUT2D eigenvalue weighted by Crippen LogP contribution is -2.48. The van der Waals surface area contributed by atoms with Crippen LogP contribution in [0, 0.1) is 5.92 Å². The minimum Gasteiger partial charge on any atom is -0.317 e. The van der Waals surface area contributed by atoms with E-state index < -0.39 is 6.17 Å². The summed E-state index contributed by atoms with van der Waals surface area (Å²) in [6, 6.07) is 0. The highest BCUT2D eigenvalue weighted by molar-refractivity contribution is 4.73. The van der Waals surface area contributed by atoms with E-state index in [1.165, 1.54) is 12.8 Å². The van der Waals surface area contributed by atoms with Crippen LogP contribution in [-0.4, -0.2) is 44.0 Å². The number of piperidine rings is 1. The van der Waals surface area contributed by atoms with Gasteiger partial charge in [0, 0.05) is 0 Å². The van der Waals surface area contributed by atoms with Gasteiger partial charge >= 0.3 is 0 Å². The number of hydrogen-bond acceptors (Lipinski definition) is 3. The molecule has 0 aromatic rings. The SMILES string of the molecule is FC1CN(OCC2CCNCC2)C1. The van der Waals surface area contributed by atoms with Gasteiger partial charge in [0.2, 0.25) is 0 Å². The van der Waals surface area contributed by atoms with Gasteiger partial charge in [-0.3, -0.25) is 4.84 Å². The van der Waals surface area contributed by atoms with E-state index in [1.807, 2.05) is 0 Å². The Labute approximate surface area is 78.2 Å². The summed E-state index contributed by atoms with van der Waals surface area (Å²) in [5, 5.41) is 5.04. The van der Waals surface area contributed by atoms with E-state index in [1.54, 1.807) is 5.06 Å². The maximum Gasteiger partial charge on any atom is 0.130 e. The molecule has 0 aromatic heterocycles. The Morgan fingerprint density at radius 1 is 1.31 bits per heavy atom. The van der Waals surface area contributed by atoms with Gasteiger partial charge in [0.25, 0.3) is 0 Å². The highest BCUT2D eigenvalue weighted by Gasteiger charge is 2.27. The fourth-order valence-electron chi connectivity index (χ4n) is 1.75. The molecular formula is C9H17FN2O. The Balaban J connectivity index is 1.56. The topological polar surface area (TPSA) is 24.5 Å². The fourth-order valence-corrected chi connectivity index (χ4v) is 1.75. The molecule has 0 atom stereocenters. The van der Waals surface area contributed by atoms with Crippen molar-refractivity contribution in [2.24, 2.45) is 5.92 Å². The minimum atomic E-state index is -0.659. The largest absolute Gasteiger partial charge is 0.317 e. The van der Waals surface area contributed by atoms with Gasteiger partial charge in [-0.2, -0.15) is 5.06 Å². The first-order chi connectivity index (χ1) is 6.34. The first-order valence-corrected chi connectivity index (χ1v) is 5.07. The van der Waals surface area contributed by atoms with Crippen LogP contribution in [0.15, 0.2) is 0 Å². The van der Waals surface area contributed by atoms with Gasteiger partial charge in [-0.15, -0.1) is 0 Å². The molecule has 2 saturated heterocycles. The second kappa shape index (κ2) is 4.35. The van der Waals surface area contributed by atoms with E-state index in [2.05, 4.69) is 5.32 Å². The van der Waals surface area contributed by atoms with Gasteiger partial charge < -0.3 is 5.32 Å². The molecule has 2 fully saturated rings. The maximum absolute atomic E-state index is 12.4. The molecule has 0 spiro atoms.